The Kier molecular flexibility index (Phi) is 5.65. The van der Waals surface area contributed by atoms with Gasteiger partial charge in [0.1, 0.15) is 0 Å². The molecule has 3 N–H and O–H groups in total. The van der Waals surface area contributed by atoms with Gasteiger partial charge in [0.25, 0.3) is 0 Å². The number of fused-ring (bicyclic) bond motifs is 1. The Morgan fingerprint density at radius 2 is 2.15 bits per heavy atom. The van der Waals surface area contributed by atoms with Gasteiger partial charge in [-0.05, 0) is 31.4 Å². The van der Waals surface area contributed by atoms with Crippen molar-refractivity contribution in [1.29, 1.82) is 0 Å². The van der Waals surface area contributed by atoms with Gasteiger partial charge in [0, 0.05) is 27.3 Å². The first-order valence-corrected chi connectivity index (χ1v) is 9.87. The number of nitrogens with two attached hydrogens (primary N) is 1. The topological polar surface area (TPSA) is 87.9 Å². The summed E-state index contributed by atoms with van der Waals surface area (Å²) in [5.41, 5.74) is 8.53. The fourth-order valence-corrected chi connectivity index (χ4v) is 3.86. The van der Waals surface area contributed by atoms with E-state index in [4.69, 9.17) is 5.73 Å². The number of unbranched alkanes of at least 4 members (excludes halogenated alkanes) is 2. The Morgan fingerprint density at radius 3 is 2.88 bits per heavy atom. The van der Waals surface area contributed by atoms with E-state index < -0.39 is 0 Å². The number of amides is 1. The van der Waals surface area contributed by atoms with Crippen molar-refractivity contribution in [2.24, 2.45) is 5.41 Å². The number of aryl methyl sites for hydroxylation is 1. The number of aromatic nitrogens is 3. The molecule has 1 aliphatic heterocycles. The first-order chi connectivity index (χ1) is 12.4. The average molecular weight is 420 g/mol. The van der Waals surface area contributed by atoms with E-state index in [-0.39, 0.29) is 11.3 Å². The Labute approximate surface area is 162 Å². The molecule has 0 fully saturated rings. The fraction of sp³-hybridized carbons (Fsp3) is 0.526. The summed E-state index contributed by atoms with van der Waals surface area (Å²) in [6, 6.07) is 4.01. The number of hydrogen-bond donors (Lipinski definition) is 2. The van der Waals surface area contributed by atoms with Crippen LogP contribution in [0.1, 0.15) is 56.5 Å². The number of H-pyrrole nitrogens is 1. The van der Waals surface area contributed by atoms with E-state index in [0.29, 0.717) is 18.9 Å². The van der Waals surface area contributed by atoms with E-state index in [2.05, 4.69) is 37.2 Å². The minimum atomic E-state index is -0.361. The molecule has 6 nitrogen and oxygen atoms in total. The molecule has 0 atom stereocenters. The van der Waals surface area contributed by atoms with E-state index in [1.807, 2.05) is 31.0 Å². The largest absolute Gasteiger partial charge is 0.382 e. The van der Waals surface area contributed by atoms with Crippen molar-refractivity contribution >= 4 is 27.7 Å². The molecule has 1 amide bonds. The van der Waals surface area contributed by atoms with Gasteiger partial charge in [-0.3, -0.25) is 14.9 Å². The summed E-state index contributed by atoms with van der Waals surface area (Å²) in [5.74, 6) is 0.699. The second-order valence-electron chi connectivity index (χ2n) is 7.64. The first-order valence-electron chi connectivity index (χ1n) is 9.08. The van der Waals surface area contributed by atoms with Gasteiger partial charge < -0.3 is 10.6 Å². The standard InChI is InChI=1S/C19H26BrN5O/c1-19(2,8-5-3-4-6-14-10-13(20)7-9-22-14)18(26)25-11-15-16(12-25)23-24-17(15)21/h7,9-10H,3-6,8,11-12H2,1-2H3,(H3,21,23,24). The Bertz CT molecular complexity index is 786. The van der Waals surface area contributed by atoms with Gasteiger partial charge in [-0.15, -0.1) is 0 Å². The van der Waals surface area contributed by atoms with Crippen molar-refractivity contribution in [3.8, 4) is 0 Å². The SMILES string of the molecule is CC(C)(CCCCCc1cc(Br)ccn1)C(=O)N1Cc2[nH]nc(N)c2C1. The van der Waals surface area contributed by atoms with Crippen molar-refractivity contribution < 1.29 is 4.79 Å². The predicted octanol–water partition coefficient (Wildman–Crippen LogP) is 3.82. The molecule has 0 unspecified atom stereocenters. The van der Waals surface area contributed by atoms with Crippen molar-refractivity contribution in [1.82, 2.24) is 20.1 Å². The zero-order valence-corrected chi connectivity index (χ0v) is 17.0. The summed E-state index contributed by atoms with van der Waals surface area (Å²) in [6.45, 7) is 5.23. The number of hydrogen-bond acceptors (Lipinski definition) is 4. The minimum Gasteiger partial charge on any atom is -0.382 e. The normalized spacial score (nSPS) is 13.9. The molecule has 2 aromatic rings. The molecule has 0 saturated carbocycles. The van der Waals surface area contributed by atoms with Gasteiger partial charge in [0.05, 0.1) is 18.8 Å². The van der Waals surface area contributed by atoms with Gasteiger partial charge in [-0.2, -0.15) is 5.10 Å². The molecular formula is C19H26BrN5O. The molecule has 0 saturated heterocycles. The third-order valence-electron chi connectivity index (χ3n) is 5.06. The lowest BCUT2D eigenvalue weighted by molar-refractivity contribution is -0.141. The molecule has 3 heterocycles. The predicted molar refractivity (Wildman–Crippen MR) is 105 cm³/mol. The van der Waals surface area contributed by atoms with Crippen molar-refractivity contribution in [2.75, 3.05) is 5.73 Å². The number of nitrogens with one attached hydrogen (secondary N) is 1. The molecule has 7 heteroatoms. The van der Waals surface area contributed by atoms with E-state index in [9.17, 15) is 4.79 Å². The third kappa shape index (κ3) is 4.26. The monoisotopic (exact) mass is 419 g/mol. The molecule has 3 rings (SSSR count). The van der Waals surface area contributed by atoms with Crippen LogP contribution in [0.4, 0.5) is 5.82 Å². The highest BCUT2D eigenvalue weighted by atomic mass is 79.9. The summed E-state index contributed by atoms with van der Waals surface area (Å²) >= 11 is 3.48. The number of carbonyl (C=O) groups is 1. The summed E-state index contributed by atoms with van der Waals surface area (Å²) in [6.07, 6.45) is 6.91. The van der Waals surface area contributed by atoms with Gasteiger partial charge in [0.2, 0.25) is 5.91 Å². The molecule has 0 bridgehead atoms. The number of pyridine rings is 1. The van der Waals surface area contributed by atoms with Crippen LogP contribution >= 0.6 is 15.9 Å². The number of rotatable bonds is 7. The second-order valence-corrected chi connectivity index (χ2v) is 8.55. The van der Waals surface area contributed by atoms with Crippen LogP contribution in [0.2, 0.25) is 0 Å². The molecule has 2 aromatic heterocycles. The van der Waals surface area contributed by atoms with E-state index in [1.54, 1.807) is 0 Å². The van der Waals surface area contributed by atoms with Gasteiger partial charge >= 0.3 is 0 Å². The van der Waals surface area contributed by atoms with E-state index >= 15 is 0 Å². The zero-order valence-electron chi connectivity index (χ0n) is 15.4. The maximum absolute atomic E-state index is 12.9. The van der Waals surface area contributed by atoms with Crippen LogP contribution in [-0.2, 0) is 24.3 Å². The summed E-state index contributed by atoms with van der Waals surface area (Å²) in [7, 11) is 0. The highest BCUT2D eigenvalue weighted by Crippen LogP contribution is 2.32. The maximum Gasteiger partial charge on any atom is 0.228 e. The number of anilines is 1. The van der Waals surface area contributed by atoms with Crippen LogP contribution in [-0.4, -0.2) is 26.0 Å². The Hall–Kier alpha value is -1.89. The lowest BCUT2D eigenvalue weighted by Crippen LogP contribution is -2.38. The van der Waals surface area contributed by atoms with Crippen molar-refractivity contribution in [2.45, 2.75) is 59.0 Å². The number of carbonyl (C=O) groups excluding carboxylic acids is 1. The van der Waals surface area contributed by atoms with Crippen LogP contribution in [0.5, 0.6) is 0 Å². The van der Waals surface area contributed by atoms with E-state index in [1.165, 1.54) is 0 Å². The molecule has 0 aromatic carbocycles. The fourth-order valence-electron chi connectivity index (χ4n) is 3.48. The van der Waals surface area contributed by atoms with Crippen LogP contribution in [0.15, 0.2) is 22.8 Å². The number of nitrogen functional groups attached to an aromatic ring is 1. The lowest BCUT2D eigenvalue weighted by Gasteiger charge is -2.29. The van der Waals surface area contributed by atoms with Crippen molar-refractivity contribution in [3.63, 3.8) is 0 Å². The minimum absolute atomic E-state index is 0.190. The first kappa shape index (κ1) is 18.9. The zero-order chi connectivity index (χ0) is 18.7. The van der Waals surface area contributed by atoms with Gasteiger partial charge in [-0.25, -0.2) is 0 Å². The lowest BCUT2D eigenvalue weighted by atomic mass is 9.85. The van der Waals surface area contributed by atoms with E-state index in [0.717, 1.165) is 53.5 Å². The molecule has 0 spiro atoms. The van der Waals surface area contributed by atoms with Crippen molar-refractivity contribution in [3.05, 3.63) is 39.8 Å². The van der Waals surface area contributed by atoms with Crippen LogP contribution in [0.3, 0.4) is 0 Å². The summed E-state index contributed by atoms with van der Waals surface area (Å²) in [4.78, 5) is 19.2. The summed E-state index contributed by atoms with van der Waals surface area (Å²) < 4.78 is 1.07. The smallest absolute Gasteiger partial charge is 0.228 e. The quantitative estimate of drug-likeness (QED) is 0.667. The molecule has 26 heavy (non-hydrogen) atoms. The number of halogens is 1. The highest BCUT2D eigenvalue weighted by molar-refractivity contribution is 9.10. The maximum atomic E-state index is 12.9. The second kappa shape index (κ2) is 7.78. The molecular weight excluding hydrogens is 394 g/mol. The average Bonchev–Trinajstić information content (AvgIpc) is 3.16. The molecule has 1 aliphatic rings. The molecule has 0 aliphatic carbocycles. The molecule has 0 radical (unpaired) electrons. The van der Waals surface area contributed by atoms with Crippen LogP contribution < -0.4 is 5.73 Å². The third-order valence-corrected chi connectivity index (χ3v) is 5.56. The number of aromatic amines is 1. The van der Waals surface area contributed by atoms with Crippen LogP contribution in [0, 0.1) is 5.41 Å². The summed E-state index contributed by atoms with van der Waals surface area (Å²) in [5, 5.41) is 6.92. The number of nitrogens with zero attached hydrogens (tertiary/aromatic N) is 3. The van der Waals surface area contributed by atoms with Gasteiger partial charge in [-0.1, -0.05) is 42.6 Å². The Balaban J connectivity index is 1.43. The van der Waals surface area contributed by atoms with Gasteiger partial charge in [0.15, 0.2) is 5.82 Å². The Morgan fingerprint density at radius 1 is 1.35 bits per heavy atom. The molecule has 140 valence electrons. The van der Waals surface area contributed by atoms with Crippen LogP contribution in [0.25, 0.3) is 0 Å². The highest BCUT2D eigenvalue weighted by Gasteiger charge is 2.35.